The molecular weight excluding hydrogens is 227 g/mol. The van der Waals surface area contributed by atoms with Gasteiger partial charge in [-0.3, -0.25) is 0 Å². The summed E-state index contributed by atoms with van der Waals surface area (Å²) in [6.07, 6.45) is 0. The van der Waals surface area contributed by atoms with E-state index in [0.29, 0.717) is 0 Å². The Morgan fingerprint density at radius 2 is 2.00 bits per heavy atom. The van der Waals surface area contributed by atoms with Crippen molar-refractivity contribution in [2.24, 2.45) is 0 Å². The van der Waals surface area contributed by atoms with E-state index in [1.807, 2.05) is 20.8 Å². The van der Waals surface area contributed by atoms with Gasteiger partial charge in [-0.1, -0.05) is 20.8 Å². The summed E-state index contributed by atoms with van der Waals surface area (Å²) in [5.41, 5.74) is -0.0826. The van der Waals surface area contributed by atoms with Crippen molar-refractivity contribution in [1.82, 2.24) is 0 Å². The van der Waals surface area contributed by atoms with Crippen molar-refractivity contribution in [1.29, 1.82) is 0 Å². The van der Waals surface area contributed by atoms with E-state index in [-0.39, 0.29) is 11.2 Å². The zero-order chi connectivity index (χ0) is 8.65. The molecule has 0 aliphatic rings. The fraction of sp³-hybridized carbons (Fsp3) is 0.500. The van der Waals surface area contributed by atoms with Crippen LogP contribution in [0.15, 0.2) is 9.85 Å². The van der Waals surface area contributed by atoms with E-state index < -0.39 is 0 Å². The van der Waals surface area contributed by atoms with Gasteiger partial charge in [0, 0.05) is 4.88 Å². The van der Waals surface area contributed by atoms with Crippen LogP contribution in [-0.4, -0.2) is 0 Å². The maximum Gasteiger partial charge on any atom is 0.138 e. The minimum Gasteiger partial charge on any atom is -0.206 e. The van der Waals surface area contributed by atoms with Gasteiger partial charge in [0.2, 0.25) is 0 Å². The maximum atomic E-state index is 13.1. The number of thiophene rings is 1. The molecule has 0 fully saturated rings. The van der Waals surface area contributed by atoms with Gasteiger partial charge in [-0.05, 0) is 27.4 Å². The van der Waals surface area contributed by atoms with Gasteiger partial charge in [0.25, 0.3) is 0 Å². The highest BCUT2D eigenvalue weighted by molar-refractivity contribution is 9.11. The molecule has 0 aliphatic heterocycles. The fourth-order valence-electron chi connectivity index (χ4n) is 0.852. The largest absolute Gasteiger partial charge is 0.206 e. The zero-order valence-electron chi connectivity index (χ0n) is 6.74. The molecule has 0 amide bonds. The first-order valence-corrected chi connectivity index (χ1v) is 4.97. The summed E-state index contributed by atoms with van der Waals surface area (Å²) in [7, 11) is 0. The summed E-state index contributed by atoms with van der Waals surface area (Å²) in [4.78, 5) is 0.810. The lowest BCUT2D eigenvalue weighted by atomic mass is 9.94. The summed E-state index contributed by atoms with van der Waals surface area (Å²) in [6.45, 7) is 6.02. The normalized spacial score (nSPS) is 12.1. The Hall–Kier alpha value is 0.110. The molecule has 1 heterocycles. The Morgan fingerprint density at radius 3 is 2.18 bits per heavy atom. The fourth-order valence-corrected chi connectivity index (χ4v) is 2.36. The van der Waals surface area contributed by atoms with Gasteiger partial charge >= 0.3 is 0 Å². The molecule has 0 N–H and O–H groups in total. The van der Waals surface area contributed by atoms with Gasteiger partial charge in [0.1, 0.15) is 5.82 Å². The average molecular weight is 237 g/mol. The molecule has 0 spiro atoms. The summed E-state index contributed by atoms with van der Waals surface area (Å²) in [5, 5.41) is 0. The van der Waals surface area contributed by atoms with Crippen LogP contribution in [0.5, 0.6) is 0 Å². The molecule has 62 valence electrons. The van der Waals surface area contributed by atoms with Crippen LogP contribution in [0.2, 0.25) is 0 Å². The predicted molar refractivity (Wildman–Crippen MR) is 50.7 cm³/mol. The van der Waals surface area contributed by atoms with Crippen molar-refractivity contribution < 1.29 is 4.39 Å². The number of hydrogen-bond acceptors (Lipinski definition) is 1. The van der Waals surface area contributed by atoms with E-state index >= 15 is 0 Å². The van der Waals surface area contributed by atoms with Crippen LogP contribution in [0.4, 0.5) is 4.39 Å². The molecule has 11 heavy (non-hydrogen) atoms. The monoisotopic (exact) mass is 236 g/mol. The maximum absolute atomic E-state index is 13.1. The molecule has 0 aromatic carbocycles. The predicted octanol–water partition coefficient (Wildman–Crippen LogP) is 3.95. The molecule has 0 unspecified atom stereocenters. The molecule has 1 aromatic rings. The third-order valence-corrected chi connectivity index (χ3v) is 3.38. The van der Waals surface area contributed by atoms with Crippen LogP contribution in [0.1, 0.15) is 25.6 Å². The molecular formula is C8H10BrFS. The molecule has 3 heteroatoms. The van der Waals surface area contributed by atoms with Gasteiger partial charge in [-0.15, -0.1) is 11.3 Å². The molecule has 0 saturated carbocycles. The summed E-state index contributed by atoms with van der Waals surface area (Å²) < 4.78 is 13.9. The number of rotatable bonds is 0. The van der Waals surface area contributed by atoms with E-state index in [1.165, 1.54) is 17.4 Å². The SMILES string of the molecule is CC(C)(C)c1sc(Br)cc1F. The lowest BCUT2D eigenvalue weighted by Crippen LogP contribution is -2.10. The molecule has 0 aliphatic carbocycles. The first-order chi connectivity index (χ1) is 4.91. The van der Waals surface area contributed by atoms with Crippen molar-refractivity contribution in [3.05, 3.63) is 20.5 Å². The summed E-state index contributed by atoms with van der Waals surface area (Å²) in [5.74, 6) is -0.102. The van der Waals surface area contributed by atoms with Crippen LogP contribution < -0.4 is 0 Å². The average Bonchev–Trinajstić information content (AvgIpc) is 2.08. The molecule has 0 nitrogen and oxygen atoms in total. The van der Waals surface area contributed by atoms with Gasteiger partial charge in [-0.2, -0.15) is 0 Å². The van der Waals surface area contributed by atoms with E-state index in [4.69, 9.17) is 0 Å². The van der Waals surface area contributed by atoms with Gasteiger partial charge in [-0.25, -0.2) is 4.39 Å². The van der Waals surface area contributed by atoms with Crippen molar-refractivity contribution in [3.63, 3.8) is 0 Å². The second kappa shape index (κ2) is 2.87. The van der Waals surface area contributed by atoms with Gasteiger partial charge in [0.05, 0.1) is 3.79 Å². The second-order valence-electron chi connectivity index (χ2n) is 3.48. The van der Waals surface area contributed by atoms with Crippen molar-refractivity contribution in [2.75, 3.05) is 0 Å². The van der Waals surface area contributed by atoms with Gasteiger partial charge < -0.3 is 0 Å². The van der Waals surface area contributed by atoms with E-state index in [2.05, 4.69) is 15.9 Å². The van der Waals surface area contributed by atoms with Gasteiger partial charge in [0.15, 0.2) is 0 Å². The Bertz CT molecular complexity index is 260. The Morgan fingerprint density at radius 1 is 1.45 bits per heavy atom. The van der Waals surface area contributed by atoms with Crippen LogP contribution in [0.25, 0.3) is 0 Å². The second-order valence-corrected chi connectivity index (χ2v) is 5.91. The highest BCUT2D eigenvalue weighted by Gasteiger charge is 2.20. The Kier molecular flexibility index (Phi) is 2.40. The molecule has 1 rings (SSSR count). The molecule has 0 bridgehead atoms. The molecule has 0 radical (unpaired) electrons. The minimum absolute atomic E-state index is 0.0826. The number of hydrogen-bond donors (Lipinski definition) is 0. The van der Waals surface area contributed by atoms with Crippen LogP contribution in [0, 0.1) is 5.82 Å². The summed E-state index contributed by atoms with van der Waals surface area (Å²) >= 11 is 4.72. The Labute approximate surface area is 78.6 Å². The highest BCUT2D eigenvalue weighted by Crippen LogP contribution is 2.34. The minimum atomic E-state index is -0.102. The lowest BCUT2D eigenvalue weighted by Gasteiger charge is -2.15. The molecule has 0 saturated heterocycles. The van der Waals surface area contributed by atoms with Crippen molar-refractivity contribution in [2.45, 2.75) is 26.2 Å². The van der Waals surface area contributed by atoms with E-state index in [1.54, 1.807) is 0 Å². The van der Waals surface area contributed by atoms with Crippen LogP contribution in [-0.2, 0) is 5.41 Å². The van der Waals surface area contributed by atoms with E-state index in [0.717, 1.165) is 8.66 Å². The summed E-state index contributed by atoms with van der Waals surface area (Å²) in [6, 6.07) is 1.52. The van der Waals surface area contributed by atoms with Crippen LogP contribution in [0.3, 0.4) is 0 Å². The zero-order valence-corrected chi connectivity index (χ0v) is 9.14. The molecule has 1 aromatic heterocycles. The smallest absolute Gasteiger partial charge is 0.138 e. The topological polar surface area (TPSA) is 0 Å². The lowest BCUT2D eigenvalue weighted by molar-refractivity contribution is 0.538. The third kappa shape index (κ3) is 2.03. The van der Waals surface area contributed by atoms with E-state index in [9.17, 15) is 4.39 Å². The van der Waals surface area contributed by atoms with Crippen molar-refractivity contribution >= 4 is 27.3 Å². The molecule has 0 atom stereocenters. The Balaban J connectivity index is 3.13. The quantitative estimate of drug-likeness (QED) is 0.640. The number of halogens is 2. The first-order valence-electron chi connectivity index (χ1n) is 3.36. The highest BCUT2D eigenvalue weighted by atomic mass is 79.9. The standard InChI is InChI=1S/C8H10BrFS/c1-8(2,3)7-5(10)4-6(9)11-7/h4H,1-3H3. The van der Waals surface area contributed by atoms with Crippen LogP contribution >= 0.6 is 27.3 Å². The van der Waals surface area contributed by atoms with Crippen molar-refractivity contribution in [3.8, 4) is 0 Å². The first kappa shape index (κ1) is 9.20. The third-order valence-electron chi connectivity index (χ3n) is 1.34.